The molecule has 0 aliphatic rings. The summed E-state index contributed by atoms with van der Waals surface area (Å²) >= 11 is 0. The van der Waals surface area contributed by atoms with E-state index in [0.717, 1.165) is 0 Å². The van der Waals surface area contributed by atoms with Crippen LogP contribution >= 0.6 is 0 Å². The van der Waals surface area contributed by atoms with Crippen molar-refractivity contribution in [1.82, 2.24) is 0 Å². The van der Waals surface area contributed by atoms with Crippen LogP contribution in [0.4, 0.5) is 0 Å². The van der Waals surface area contributed by atoms with E-state index in [-0.39, 0.29) is 13.4 Å². The molecule has 0 heterocycles. The van der Waals surface area contributed by atoms with Gasteiger partial charge in [-0.3, -0.25) is 0 Å². The van der Waals surface area contributed by atoms with Crippen LogP contribution in [0.2, 0.25) is 0 Å². The molecule has 11 heavy (non-hydrogen) atoms. The molecule has 0 aromatic heterocycles. The van der Waals surface area contributed by atoms with Crippen molar-refractivity contribution >= 4 is 0 Å². The lowest BCUT2D eigenvalue weighted by atomic mass is 10.8. The van der Waals surface area contributed by atoms with Crippen LogP contribution in [-0.2, 0) is 9.47 Å². The highest BCUT2D eigenvalue weighted by Crippen LogP contribution is 1.66. The van der Waals surface area contributed by atoms with Gasteiger partial charge in [0.1, 0.15) is 6.79 Å². The molecule has 0 saturated carbocycles. The first-order valence-corrected chi connectivity index (χ1v) is 3.70. The molecule has 0 rings (SSSR count). The third-order valence-electron chi connectivity index (χ3n) is 0.735. The van der Waals surface area contributed by atoms with E-state index in [1.807, 2.05) is 13.8 Å². The largest absolute Gasteiger partial charge is 0.394 e. The second-order valence-corrected chi connectivity index (χ2v) is 1.54. The van der Waals surface area contributed by atoms with Gasteiger partial charge in [0, 0.05) is 13.2 Å². The number of rotatable bonds is 5. The molecule has 2 N–H and O–H groups in total. The number of ether oxygens (including phenoxy) is 2. The van der Waals surface area contributed by atoms with E-state index < -0.39 is 0 Å². The van der Waals surface area contributed by atoms with Crippen molar-refractivity contribution in [3.8, 4) is 0 Å². The molecule has 0 radical (unpaired) electrons. The summed E-state index contributed by atoms with van der Waals surface area (Å²) in [5.74, 6) is 0. The van der Waals surface area contributed by atoms with E-state index in [4.69, 9.17) is 14.9 Å². The Bertz CT molecular complexity index is 43.7. The summed E-state index contributed by atoms with van der Waals surface area (Å²) in [6, 6.07) is 0. The third kappa shape index (κ3) is 25.8. The van der Waals surface area contributed by atoms with Crippen LogP contribution < -0.4 is 0 Å². The van der Waals surface area contributed by atoms with E-state index >= 15 is 0 Å². The van der Waals surface area contributed by atoms with Gasteiger partial charge >= 0.3 is 0 Å². The molecule has 0 bridgehead atoms. The van der Waals surface area contributed by atoms with Crippen LogP contribution in [0.5, 0.6) is 0 Å². The lowest BCUT2D eigenvalue weighted by molar-refractivity contribution is 0.00540. The molecule has 0 amide bonds. The van der Waals surface area contributed by atoms with Crippen molar-refractivity contribution in [3.05, 3.63) is 0 Å². The SMILES string of the molecule is CCOCCO.CCOCO. The average molecular weight is 166 g/mol. The van der Waals surface area contributed by atoms with Crippen LogP contribution in [0.15, 0.2) is 0 Å². The van der Waals surface area contributed by atoms with Crippen LogP contribution in [0, 0.1) is 0 Å². The van der Waals surface area contributed by atoms with Crippen molar-refractivity contribution in [2.75, 3.05) is 33.2 Å². The first-order chi connectivity index (χ1) is 5.33. The minimum atomic E-state index is -0.156. The summed E-state index contributed by atoms with van der Waals surface area (Å²) < 4.78 is 9.12. The van der Waals surface area contributed by atoms with Crippen LogP contribution in [0.3, 0.4) is 0 Å². The fourth-order valence-electron chi connectivity index (χ4n) is 0.300. The number of aliphatic hydroxyl groups excluding tert-OH is 2. The second kappa shape index (κ2) is 16.4. The minimum absolute atomic E-state index is 0.133. The topological polar surface area (TPSA) is 58.9 Å². The molecule has 0 aromatic rings. The van der Waals surface area contributed by atoms with Gasteiger partial charge in [-0.25, -0.2) is 0 Å². The van der Waals surface area contributed by atoms with Crippen LogP contribution in [0.1, 0.15) is 13.8 Å². The molecule has 0 atom stereocenters. The Hall–Kier alpha value is -0.160. The Labute approximate surface area is 67.8 Å². The zero-order valence-electron chi connectivity index (χ0n) is 7.25. The highest BCUT2D eigenvalue weighted by atomic mass is 16.6. The average Bonchev–Trinajstić information content (AvgIpc) is 2.04. The number of hydrogen-bond donors (Lipinski definition) is 2. The fraction of sp³-hybridized carbons (Fsp3) is 1.00. The van der Waals surface area contributed by atoms with Gasteiger partial charge in [-0.05, 0) is 13.8 Å². The molecule has 0 fully saturated rings. The molecule has 0 saturated heterocycles. The lowest BCUT2D eigenvalue weighted by Crippen LogP contribution is -1.96. The monoisotopic (exact) mass is 166 g/mol. The first-order valence-electron chi connectivity index (χ1n) is 3.70. The van der Waals surface area contributed by atoms with Crippen molar-refractivity contribution in [3.63, 3.8) is 0 Å². The zero-order chi connectivity index (χ0) is 8.95. The molecule has 70 valence electrons. The molecule has 0 aliphatic heterocycles. The van der Waals surface area contributed by atoms with Crippen molar-refractivity contribution < 1.29 is 19.7 Å². The Balaban J connectivity index is 0. The number of hydrogen-bond acceptors (Lipinski definition) is 4. The molecule has 0 aromatic carbocycles. The highest BCUT2D eigenvalue weighted by Gasteiger charge is 1.73. The Morgan fingerprint density at radius 2 is 1.55 bits per heavy atom. The van der Waals surface area contributed by atoms with E-state index in [1.54, 1.807) is 0 Å². The second-order valence-electron chi connectivity index (χ2n) is 1.54. The highest BCUT2D eigenvalue weighted by molar-refractivity contribution is 4.18. The van der Waals surface area contributed by atoms with Gasteiger partial charge < -0.3 is 19.7 Å². The van der Waals surface area contributed by atoms with Gasteiger partial charge in [-0.2, -0.15) is 0 Å². The molecular formula is C7H18O4. The molecule has 0 unspecified atom stereocenters. The minimum Gasteiger partial charge on any atom is -0.394 e. The first kappa shape index (κ1) is 13.4. The summed E-state index contributed by atoms with van der Waals surface area (Å²) in [4.78, 5) is 0. The summed E-state index contributed by atoms with van der Waals surface area (Å²) in [5, 5.41) is 15.9. The third-order valence-corrected chi connectivity index (χ3v) is 0.735. The molecule has 0 spiro atoms. The maximum Gasteiger partial charge on any atom is 0.143 e. The molecule has 4 nitrogen and oxygen atoms in total. The zero-order valence-corrected chi connectivity index (χ0v) is 7.25. The molecule has 4 heteroatoms. The Kier molecular flexibility index (Phi) is 20.1. The van der Waals surface area contributed by atoms with Gasteiger partial charge in [0.25, 0.3) is 0 Å². The van der Waals surface area contributed by atoms with Gasteiger partial charge in [0.05, 0.1) is 13.2 Å². The van der Waals surface area contributed by atoms with Gasteiger partial charge in [-0.1, -0.05) is 0 Å². The van der Waals surface area contributed by atoms with E-state index in [1.165, 1.54) is 0 Å². The van der Waals surface area contributed by atoms with Crippen molar-refractivity contribution in [2.45, 2.75) is 13.8 Å². The molecular weight excluding hydrogens is 148 g/mol. The van der Waals surface area contributed by atoms with Gasteiger partial charge in [0.15, 0.2) is 0 Å². The van der Waals surface area contributed by atoms with Gasteiger partial charge in [0.2, 0.25) is 0 Å². The Morgan fingerprint density at radius 1 is 1.00 bits per heavy atom. The quantitative estimate of drug-likeness (QED) is 0.445. The maximum atomic E-state index is 8.07. The van der Waals surface area contributed by atoms with Crippen molar-refractivity contribution in [2.24, 2.45) is 0 Å². The summed E-state index contributed by atoms with van der Waals surface area (Å²) in [6.07, 6.45) is 0. The maximum absolute atomic E-state index is 8.07. The fourth-order valence-corrected chi connectivity index (χ4v) is 0.300. The van der Waals surface area contributed by atoms with Gasteiger partial charge in [-0.15, -0.1) is 0 Å². The summed E-state index contributed by atoms with van der Waals surface area (Å²) in [7, 11) is 0. The van der Waals surface area contributed by atoms with E-state index in [9.17, 15) is 0 Å². The molecule has 0 aliphatic carbocycles. The van der Waals surface area contributed by atoms with E-state index in [0.29, 0.717) is 19.8 Å². The summed E-state index contributed by atoms with van der Waals surface area (Å²) in [5.41, 5.74) is 0. The lowest BCUT2D eigenvalue weighted by Gasteiger charge is -1.91. The van der Waals surface area contributed by atoms with E-state index in [2.05, 4.69) is 4.74 Å². The predicted molar refractivity (Wildman–Crippen MR) is 42.3 cm³/mol. The smallest absolute Gasteiger partial charge is 0.143 e. The summed E-state index contributed by atoms with van der Waals surface area (Å²) in [6.45, 7) is 5.46. The predicted octanol–water partition coefficient (Wildman–Crippen LogP) is -0.0121. The Morgan fingerprint density at radius 3 is 1.64 bits per heavy atom. The van der Waals surface area contributed by atoms with Crippen molar-refractivity contribution in [1.29, 1.82) is 0 Å². The number of aliphatic hydroxyl groups is 2. The van der Waals surface area contributed by atoms with Crippen LogP contribution in [0.25, 0.3) is 0 Å². The normalized spacial score (nSPS) is 8.73. The van der Waals surface area contributed by atoms with Crippen LogP contribution in [-0.4, -0.2) is 43.4 Å². The standard InChI is InChI=1S/C4H10O2.C3H8O2/c1-2-6-4-3-5;1-2-5-3-4/h5H,2-4H2,1H3;4H,2-3H2,1H3.